The van der Waals surface area contributed by atoms with Crippen LogP contribution in [0.3, 0.4) is 0 Å². The molecule has 0 saturated carbocycles. The molecule has 2 aliphatic rings. The van der Waals surface area contributed by atoms with Crippen LogP contribution in [0.15, 0.2) is 48.8 Å². The molecular formula is C25H23ClF3N5O4. The zero-order valence-electron chi connectivity index (χ0n) is 19.8. The quantitative estimate of drug-likeness (QED) is 0.423. The van der Waals surface area contributed by atoms with Gasteiger partial charge >= 0.3 is 12.2 Å². The number of hydrogen-bond donors (Lipinski definition) is 3. The molecule has 1 fully saturated rings. The number of hydrogen-bond acceptors (Lipinski definition) is 7. The van der Waals surface area contributed by atoms with Crippen molar-refractivity contribution in [3.8, 4) is 17.0 Å². The van der Waals surface area contributed by atoms with Gasteiger partial charge in [0.25, 0.3) is 0 Å². The van der Waals surface area contributed by atoms with Crippen molar-refractivity contribution >= 4 is 34.8 Å². The number of rotatable bonds is 6. The molecule has 1 aromatic carbocycles. The molecule has 13 heteroatoms. The number of benzene rings is 1. The molecule has 2 aliphatic heterocycles. The Morgan fingerprint density at radius 2 is 2.08 bits per heavy atom. The van der Waals surface area contributed by atoms with Gasteiger partial charge in [-0.1, -0.05) is 23.7 Å². The number of halogens is 4. The van der Waals surface area contributed by atoms with Crippen LogP contribution in [0.1, 0.15) is 12.0 Å². The van der Waals surface area contributed by atoms with Crippen LogP contribution in [-0.2, 0) is 6.18 Å². The van der Waals surface area contributed by atoms with Gasteiger partial charge in [-0.25, -0.2) is 9.78 Å². The third-order valence-corrected chi connectivity index (χ3v) is 6.62. The van der Waals surface area contributed by atoms with E-state index in [4.69, 9.17) is 21.4 Å². The van der Waals surface area contributed by atoms with Gasteiger partial charge in [-0.2, -0.15) is 13.2 Å². The van der Waals surface area contributed by atoms with Crippen molar-refractivity contribution in [2.45, 2.75) is 24.7 Å². The van der Waals surface area contributed by atoms with Crippen molar-refractivity contribution < 1.29 is 32.9 Å². The number of aromatic nitrogens is 2. The second-order valence-electron chi connectivity index (χ2n) is 8.99. The van der Waals surface area contributed by atoms with Crippen LogP contribution >= 0.6 is 11.6 Å². The first-order chi connectivity index (χ1) is 18.1. The van der Waals surface area contributed by atoms with Crippen molar-refractivity contribution in [1.82, 2.24) is 9.97 Å². The number of fused-ring (bicyclic) bond motifs is 4. The summed E-state index contributed by atoms with van der Waals surface area (Å²) in [6, 6.07) is 7.16. The molecular weight excluding hydrogens is 527 g/mol. The number of aliphatic hydroxyl groups is 2. The Kier molecular flexibility index (Phi) is 7.03. The fourth-order valence-electron chi connectivity index (χ4n) is 4.53. The zero-order valence-corrected chi connectivity index (χ0v) is 20.6. The molecule has 2 bridgehead atoms. The van der Waals surface area contributed by atoms with Crippen LogP contribution in [0.5, 0.6) is 5.75 Å². The molecule has 2 atom stereocenters. The Morgan fingerprint density at radius 3 is 2.84 bits per heavy atom. The first-order valence-corrected chi connectivity index (χ1v) is 12.1. The number of nitrogens with zero attached hydrogens (tertiary/aromatic N) is 4. The number of carbonyl (C=O) groups excluding carboxylic acids is 1. The number of amides is 2. The third-order valence-electron chi connectivity index (χ3n) is 6.33. The van der Waals surface area contributed by atoms with Gasteiger partial charge in [0.1, 0.15) is 18.5 Å². The van der Waals surface area contributed by atoms with Gasteiger partial charge in [0.15, 0.2) is 5.82 Å². The van der Waals surface area contributed by atoms with Crippen LogP contribution in [0.4, 0.5) is 35.2 Å². The Bertz CT molecular complexity index is 1360. The molecule has 0 aliphatic carbocycles. The standard InChI is InChI=1S/C25H23ClF3N5O4/c26-20-8-21-23(32-22(20)14-2-1-3-15(6-14)25(27,28)29)34(17-4-5-33(21)11-17)24(37)31-16-7-19(10-30-9-16)38-13-18(36)12-35/h1-3,6-10,17-18,35-36H,4-5,11-13H2,(H,31,37)/t17?,18-/m1/s1. The van der Waals surface area contributed by atoms with E-state index in [-0.39, 0.29) is 34.7 Å². The van der Waals surface area contributed by atoms with Gasteiger partial charge < -0.3 is 25.2 Å². The minimum Gasteiger partial charge on any atom is -0.489 e. The molecule has 2 aromatic heterocycles. The van der Waals surface area contributed by atoms with E-state index in [1.807, 2.05) is 4.90 Å². The van der Waals surface area contributed by atoms with E-state index in [0.29, 0.717) is 36.7 Å². The Labute approximate surface area is 220 Å². The van der Waals surface area contributed by atoms with Crippen LogP contribution in [-0.4, -0.2) is 64.7 Å². The molecule has 3 aromatic rings. The van der Waals surface area contributed by atoms with Crippen LogP contribution in [0.25, 0.3) is 11.3 Å². The van der Waals surface area contributed by atoms with E-state index in [1.54, 1.807) is 6.07 Å². The van der Waals surface area contributed by atoms with E-state index in [1.165, 1.54) is 35.5 Å². The van der Waals surface area contributed by atoms with E-state index in [0.717, 1.165) is 12.1 Å². The number of urea groups is 1. The van der Waals surface area contributed by atoms with Gasteiger partial charge in [0, 0.05) is 24.7 Å². The average Bonchev–Trinajstić information content (AvgIpc) is 3.31. The van der Waals surface area contributed by atoms with Crippen LogP contribution in [0.2, 0.25) is 5.02 Å². The van der Waals surface area contributed by atoms with E-state index < -0.39 is 30.5 Å². The van der Waals surface area contributed by atoms with Crippen LogP contribution < -0.4 is 19.9 Å². The van der Waals surface area contributed by atoms with Gasteiger partial charge in [0.05, 0.1) is 52.7 Å². The number of pyridine rings is 2. The second-order valence-corrected chi connectivity index (χ2v) is 9.39. The summed E-state index contributed by atoms with van der Waals surface area (Å²) in [6.07, 6.45) is -2.11. The second kappa shape index (κ2) is 10.3. The van der Waals surface area contributed by atoms with Gasteiger partial charge in [-0.15, -0.1) is 0 Å². The first kappa shape index (κ1) is 26.0. The molecule has 0 spiro atoms. The normalized spacial score (nSPS) is 17.3. The fourth-order valence-corrected chi connectivity index (χ4v) is 4.78. The number of ether oxygens (including phenoxy) is 1. The maximum Gasteiger partial charge on any atom is 0.416 e. The number of anilines is 3. The maximum atomic E-state index is 13.5. The van der Waals surface area contributed by atoms with Gasteiger partial charge in [0.2, 0.25) is 0 Å². The molecule has 9 nitrogen and oxygen atoms in total. The van der Waals surface area contributed by atoms with Crippen molar-refractivity contribution in [1.29, 1.82) is 0 Å². The summed E-state index contributed by atoms with van der Waals surface area (Å²) in [5.74, 6) is 0.567. The Morgan fingerprint density at radius 1 is 1.26 bits per heavy atom. The lowest BCUT2D eigenvalue weighted by atomic mass is 10.1. The molecule has 2 amide bonds. The monoisotopic (exact) mass is 549 g/mol. The van der Waals surface area contributed by atoms with E-state index in [9.17, 15) is 23.1 Å². The molecule has 0 radical (unpaired) electrons. The lowest BCUT2D eigenvalue weighted by molar-refractivity contribution is -0.137. The lowest BCUT2D eigenvalue weighted by Crippen LogP contribution is -2.48. The Hall–Kier alpha value is -3.61. The van der Waals surface area contributed by atoms with Crippen molar-refractivity contribution in [3.05, 3.63) is 59.4 Å². The molecule has 1 unspecified atom stereocenters. The predicted molar refractivity (Wildman–Crippen MR) is 135 cm³/mol. The minimum absolute atomic E-state index is 0.135. The number of aliphatic hydroxyl groups excluding tert-OH is 2. The largest absolute Gasteiger partial charge is 0.489 e. The number of carbonyl (C=O) groups is 1. The van der Waals surface area contributed by atoms with E-state index >= 15 is 0 Å². The summed E-state index contributed by atoms with van der Waals surface area (Å²) in [7, 11) is 0. The fraction of sp³-hybridized carbons (Fsp3) is 0.320. The summed E-state index contributed by atoms with van der Waals surface area (Å²) in [5.41, 5.74) is 0.421. The van der Waals surface area contributed by atoms with Crippen molar-refractivity contribution in [2.75, 3.05) is 41.4 Å². The SMILES string of the molecule is O=C(Nc1cncc(OC[C@H](O)CO)c1)N1c2nc(-c3cccc(C(F)(F)F)c3)c(Cl)cc2N2CCC1C2. The topological polar surface area (TPSA) is 111 Å². The van der Waals surface area contributed by atoms with Crippen molar-refractivity contribution in [2.24, 2.45) is 0 Å². The Balaban J connectivity index is 1.46. The van der Waals surface area contributed by atoms with E-state index in [2.05, 4.69) is 15.3 Å². The zero-order chi connectivity index (χ0) is 27.0. The summed E-state index contributed by atoms with van der Waals surface area (Å²) < 4.78 is 45.3. The van der Waals surface area contributed by atoms with Crippen LogP contribution in [0, 0.1) is 0 Å². The highest BCUT2D eigenvalue weighted by molar-refractivity contribution is 6.33. The molecule has 1 saturated heterocycles. The highest BCUT2D eigenvalue weighted by Crippen LogP contribution is 2.43. The lowest BCUT2D eigenvalue weighted by Gasteiger charge is -2.36. The predicted octanol–water partition coefficient (Wildman–Crippen LogP) is 4.18. The number of alkyl halides is 3. The summed E-state index contributed by atoms with van der Waals surface area (Å²) in [5, 5.41) is 21.4. The van der Waals surface area contributed by atoms with Gasteiger partial charge in [-0.3, -0.25) is 9.88 Å². The highest BCUT2D eigenvalue weighted by Gasteiger charge is 2.41. The molecule has 38 heavy (non-hydrogen) atoms. The summed E-state index contributed by atoms with van der Waals surface area (Å²) >= 11 is 6.49. The number of nitrogens with one attached hydrogen (secondary N) is 1. The first-order valence-electron chi connectivity index (χ1n) is 11.7. The molecule has 5 rings (SSSR count). The summed E-state index contributed by atoms with van der Waals surface area (Å²) in [4.78, 5) is 25.7. The minimum atomic E-state index is -4.53. The van der Waals surface area contributed by atoms with Gasteiger partial charge in [-0.05, 0) is 24.6 Å². The molecule has 4 heterocycles. The maximum absolute atomic E-state index is 13.5. The average molecular weight is 550 g/mol. The van der Waals surface area contributed by atoms with Crippen molar-refractivity contribution in [3.63, 3.8) is 0 Å². The molecule has 3 N–H and O–H groups in total. The highest BCUT2D eigenvalue weighted by atomic mass is 35.5. The summed E-state index contributed by atoms with van der Waals surface area (Å²) in [6.45, 7) is 0.605. The smallest absolute Gasteiger partial charge is 0.416 e. The third kappa shape index (κ3) is 5.19. The molecule has 200 valence electrons.